The molecule has 0 radical (unpaired) electrons. The molecule has 0 fully saturated rings. The number of amides is 1. The third-order valence-electron chi connectivity index (χ3n) is 4.49. The molecule has 7 nitrogen and oxygen atoms in total. The Labute approximate surface area is 168 Å². The van der Waals surface area contributed by atoms with Crippen LogP contribution in [0.3, 0.4) is 0 Å². The Balaban J connectivity index is 1.63. The fourth-order valence-corrected chi connectivity index (χ4v) is 7.48. The summed E-state index contributed by atoms with van der Waals surface area (Å²) < 4.78 is 51.4. The quantitative estimate of drug-likeness (QED) is 0.691. The second-order valence-electron chi connectivity index (χ2n) is 6.52. The maximum absolute atomic E-state index is 12.8. The standard InChI is InChI=1S/C20H16N2O5S2/c1-14-6-8-15(9-7-14)20(23)21-16-10-12-17(13-11-16)22-28(24,25)18-4-2-3-5-19(18)29(22,26)27/h2-13H,1H3,(H,21,23). The predicted octanol–water partition coefficient (Wildman–Crippen LogP) is 3.14. The summed E-state index contributed by atoms with van der Waals surface area (Å²) in [6, 6.07) is 18.1. The highest BCUT2D eigenvalue weighted by atomic mass is 32.3. The van der Waals surface area contributed by atoms with Gasteiger partial charge in [0.15, 0.2) is 0 Å². The number of carbonyl (C=O) groups excluding carboxylic acids is 1. The van der Waals surface area contributed by atoms with Gasteiger partial charge in [0, 0.05) is 11.3 Å². The number of nitrogens with zero attached hydrogens (tertiary/aromatic N) is 1. The first-order valence-corrected chi connectivity index (χ1v) is 11.5. The summed E-state index contributed by atoms with van der Waals surface area (Å²) in [4.78, 5) is 11.8. The van der Waals surface area contributed by atoms with Crippen LogP contribution in [0.5, 0.6) is 0 Å². The number of hydrogen-bond donors (Lipinski definition) is 1. The molecule has 1 aliphatic heterocycles. The Morgan fingerprint density at radius 3 is 1.79 bits per heavy atom. The van der Waals surface area contributed by atoms with Gasteiger partial charge in [-0.3, -0.25) is 4.79 Å². The second kappa shape index (κ2) is 6.71. The van der Waals surface area contributed by atoms with Gasteiger partial charge in [-0.05, 0) is 55.5 Å². The van der Waals surface area contributed by atoms with E-state index in [0.29, 0.717) is 15.0 Å². The van der Waals surface area contributed by atoms with E-state index < -0.39 is 20.0 Å². The van der Waals surface area contributed by atoms with Crippen LogP contribution in [0.15, 0.2) is 82.6 Å². The molecule has 0 spiro atoms. The van der Waals surface area contributed by atoms with Crippen LogP contribution < -0.4 is 9.03 Å². The molecule has 0 aromatic heterocycles. The van der Waals surface area contributed by atoms with E-state index >= 15 is 0 Å². The lowest BCUT2D eigenvalue weighted by Gasteiger charge is -2.16. The average molecular weight is 428 g/mol. The molecule has 9 heteroatoms. The summed E-state index contributed by atoms with van der Waals surface area (Å²) in [5.41, 5.74) is 1.88. The van der Waals surface area contributed by atoms with Crippen molar-refractivity contribution in [1.29, 1.82) is 0 Å². The maximum Gasteiger partial charge on any atom is 0.279 e. The highest BCUT2D eigenvalue weighted by Crippen LogP contribution is 2.40. The number of aryl methyl sites for hydroxylation is 1. The number of fused-ring (bicyclic) bond motifs is 1. The molecular formula is C20H16N2O5S2. The molecule has 0 saturated carbocycles. The minimum Gasteiger partial charge on any atom is -0.322 e. The zero-order chi connectivity index (χ0) is 20.8. The molecule has 1 N–H and O–H groups in total. The van der Waals surface area contributed by atoms with Crippen LogP contribution >= 0.6 is 0 Å². The molecule has 3 aromatic rings. The highest BCUT2D eigenvalue weighted by molar-refractivity contribution is 8.12. The second-order valence-corrected chi connectivity index (χ2v) is 10.3. The number of hydrogen-bond acceptors (Lipinski definition) is 5. The van der Waals surface area contributed by atoms with Crippen LogP contribution in [0.25, 0.3) is 0 Å². The fraction of sp³-hybridized carbons (Fsp3) is 0.0500. The van der Waals surface area contributed by atoms with E-state index in [-0.39, 0.29) is 21.4 Å². The molecular weight excluding hydrogens is 412 g/mol. The Morgan fingerprint density at radius 1 is 0.759 bits per heavy atom. The van der Waals surface area contributed by atoms with Crippen LogP contribution in [0.4, 0.5) is 11.4 Å². The summed E-state index contributed by atoms with van der Waals surface area (Å²) in [5, 5.41) is 2.70. The normalized spacial score (nSPS) is 16.2. The summed E-state index contributed by atoms with van der Waals surface area (Å²) >= 11 is 0. The van der Waals surface area contributed by atoms with Gasteiger partial charge < -0.3 is 5.32 Å². The first kappa shape index (κ1) is 19.2. The van der Waals surface area contributed by atoms with E-state index in [1.54, 1.807) is 12.1 Å². The van der Waals surface area contributed by atoms with Crippen LogP contribution in [0, 0.1) is 6.92 Å². The molecule has 1 amide bonds. The van der Waals surface area contributed by atoms with Crippen molar-refractivity contribution in [2.45, 2.75) is 16.7 Å². The molecule has 0 unspecified atom stereocenters. The number of carbonyl (C=O) groups is 1. The van der Waals surface area contributed by atoms with E-state index in [4.69, 9.17) is 0 Å². The van der Waals surface area contributed by atoms with Gasteiger partial charge in [0.1, 0.15) is 9.79 Å². The zero-order valence-corrected chi connectivity index (χ0v) is 16.9. The Hall–Kier alpha value is -3.17. The maximum atomic E-state index is 12.8. The molecule has 148 valence electrons. The smallest absolute Gasteiger partial charge is 0.279 e. The van der Waals surface area contributed by atoms with Gasteiger partial charge in [-0.1, -0.05) is 29.8 Å². The number of rotatable bonds is 3. The van der Waals surface area contributed by atoms with Crippen molar-refractivity contribution in [2.75, 3.05) is 9.03 Å². The van der Waals surface area contributed by atoms with Crippen molar-refractivity contribution in [2.24, 2.45) is 0 Å². The molecule has 29 heavy (non-hydrogen) atoms. The Kier molecular flexibility index (Phi) is 4.44. The van der Waals surface area contributed by atoms with E-state index in [9.17, 15) is 21.6 Å². The molecule has 0 saturated heterocycles. The fourth-order valence-electron chi connectivity index (χ4n) is 3.04. The first-order chi connectivity index (χ1) is 13.7. The van der Waals surface area contributed by atoms with Crippen molar-refractivity contribution in [3.05, 3.63) is 83.9 Å². The SMILES string of the molecule is Cc1ccc(C(=O)Nc2ccc(N3S(=O)(=O)c4ccccc4S3(=O)=O)cc2)cc1. The molecule has 0 aliphatic carbocycles. The van der Waals surface area contributed by atoms with Gasteiger partial charge in [-0.2, -0.15) is 20.5 Å². The largest absolute Gasteiger partial charge is 0.322 e. The van der Waals surface area contributed by atoms with Gasteiger partial charge in [0.25, 0.3) is 26.0 Å². The van der Waals surface area contributed by atoms with Gasteiger partial charge in [-0.15, -0.1) is 0 Å². The van der Waals surface area contributed by atoms with Crippen LogP contribution in [0.1, 0.15) is 15.9 Å². The van der Waals surface area contributed by atoms with Crippen LogP contribution in [-0.4, -0.2) is 22.7 Å². The number of benzene rings is 3. The lowest BCUT2D eigenvalue weighted by Crippen LogP contribution is -2.30. The molecule has 1 aliphatic rings. The Morgan fingerprint density at radius 2 is 1.28 bits per heavy atom. The topological polar surface area (TPSA) is 101 Å². The van der Waals surface area contributed by atoms with Gasteiger partial charge >= 0.3 is 0 Å². The third-order valence-corrected chi connectivity index (χ3v) is 8.92. The zero-order valence-electron chi connectivity index (χ0n) is 15.2. The molecule has 0 atom stereocenters. The molecule has 4 rings (SSSR count). The third kappa shape index (κ3) is 3.18. The monoisotopic (exact) mass is 428 g/mol. The van der Waals surface area contributed by atoms with E-state index in [0.717, 1.165) is 5.56 Å². The number of sulfonamides is 2. The average Bonchev–Trinajstić information content (AvgIpc) is 2.85. The Bertz CT molecular complexity index is 1260. The summed E-state index contributed by atoms with van der Waals surface area (Å²) in [5.74, 6) is -0.327. The van der Waals surface area contributed by atoms with Crippen molar-refractivity contribution >= 4 is 37.3 Å². The van der Waals surface area contributed by atoms with Crippen molar-refractivity contribution in [3.63, 3.8) is 0 Å². The van der Waals surface area contributed by atoms with Gasteiger partial charge in [-0.25, -0.2) is 0 Å². The van der Waals surface area contributed by atoms with Crippen molar-refractivity contribution < 1.29 is 21.6 Å². The lowest BCUT2D eigenvalue weighted by atomic mass is 10.1. The lowest BCUT2D eigenvalue weighted by molar-refractivity contribution is 0.102. The molecule has 3 aromatic carbocycles. The van der Waals surface area contributed by atoms with Crippen LogP contribution in [-0.2, 0) is 20.0 Å². The van der Waals surface area contributed by atoms with Crippen molar-refractivity contribution in [1.82, 2.24) is 0 Å². The van der Waals surface area contributed by atoms with E-state index in [1.807, 2.05) is 19.1 Å². The van der Waals surface area contributed by atoms with Gasteiger partial charge in [0.05, 0.1) is 5.69 Å². The first-order valence-electron chi connectivity index (χ1n) is 8.59. The van der Waals surface area contributed by atoms with E-state index in [1.165, 1.54) is 48.5 Å². The minimum atomic E-state index is -4.23. The number of anilines is 2. The highest BCUT2D eigenvalue weighted by Gasteiger charge is 2.47. The molecule has 0 bridgehead atoms. The van der Waals surface area contributed by atoms with Gasteiger partial charge in [0.2, 0.25) is 0 Å². The van der Waals surface area contributed by atoms with Crippen molar-refractivity contribution in [3.8, 4) is 0 Å². The number of nitrogens with one attached hydrogen (secondary N) is 1. The minimum absolute atomic E-state index is 0.0328. The predicted molar refractivity (Wildman–Crippen MR) is 109 cm³/mol. The van der Waals surface area contributed by atoms with Crippen LogP contribution in [0.2, 0.25) is 0 Å². The summed E-state index contributed by atoms with van der Waals surface area (Å²) in [6.45, 7) is 1.92. The summed E-state index contributed by atoms with van der Waals surface area (Å²) in [7, 11) is -8.46. The molecule has 1 heterocycles. The van der Waals surface area contributed by atoms with E-state index in [2.05, 4.69) is 5.32 Å². The summed E-state index contributed by atoms with van der Waals surface area (Å²) in [6.07, 6.45) is 0.